The Morgan fingerprint density at radius 2 is 1.94 bits per heavy atom. The standard InChI is InChI=1S/C15H18BrNS/c1-3-8-17-15(14-10-18-9-11(14)2)12-4-6-13(16)7-5-12/h4-7,9-10,15,17H,3,8H2,1-2H3. The van der Waals surface area contributed by atoms with Gasteiger partial charge in [-0.3, -0.25) is 0 Å². The summed E-state index contributed by atoms with van der Waals surface area (Å²) in [4.78, 5) is 0. The van der Waals surface area contributed by atoms with Gasteiger partial charge in [-0.2, -0.15) is 11.3 Å². The fraction of sp³-hybridized carbons (Fsp3) is 0.333. The molecule has 1 N–H and O–H groups in total. The average Bonchev–Trinajstić information content (AvgIpc) is 2.78. The first-order valence-electron chi connectivity index (χ1n) is 6.24. The van der Waals surface area contributed by atoms with Gasteiger partial charge in [0.05, 0.1) is 6.04 Å². The Morgan fingerprint density at radius 3 is 2.50 bits per heavy atom. The highest BCUT2D eigenvalue weighted by molar-refractivity contribution is 9.10. The lowest BCUT2D eigenvalue weighted by Crippen LogP contribution is -2.23. The van der Waals surface area contributed by atoms with E-state index in [1.807, 2.05) is 0 Å². The largest absolute Gasteiger partial charge is 0.306 e. The van der Waals surface area contributed by atoms with Crippen LogP contribution in [0.5, 0.6) is 0 Å². The van der Waals surface area contributed by atoms with Crippen molar-refractivity contribution in [2.45, 2.75) is 26.3 Å². The van der Waals surface area contributed by atoms with E-state index in [0.29, 0.717) is 6.04 Å². The van der Waals surface area contributed by atoms with Gasteiger partial charge in [-0.1, -0.05) is 35.0 Å². The maximum absolute atomic E-state index is 3.64. The first-order valence-corrected chi connectivity index (χ1v) is 7.97. The number of hydrogen-bond donors (Lipinski definition) is 1. The molecule has 1 aromatic carbocycles. The second-order valence-corrected chi connectivity index (χ2v) is 6.11. The molecule has 0 spiro atoms. The second-order valence-electron chi connectivity index (χ2n) is 4.45. The van der Waals surface area contributed by atoms with E-state index in [1.165, 1.54) is 16.7 Å². The van der Waals surface area contributed by atoms with Gasteiger partial charge in [0.25, 0.3) is 0 Å². The van der Waals surface area contributed by atoms with Crippen molar-refractivity contribution in [3.05, 3.63) is 56.2 Å². The summed E-state index contributed by atoms with van der Waals surface area (Å²) in [5.74, 6) is 0. The Balaban J connectivity index is 2.30. The zero-order valence-corrected chi connectivity index (χ0v) is 13.1. The van der Waals surface area contributed by atoms with Gasteiger partial charge in [-0.25, -0.2) is 0 Å². The van der Waals surface area contributed by atoms with Crippen molar-refractivity contribution >= 4 is 27.3 Å². The first-order chi connectivity index (χ1) is 8.72. The topological polar surface area (TPSA) is 12.0 Å². The molecule has 1 atom stereocenters. The Bertz CT molecular complexity index is 489. The lowest BCUT2D eigenvalue weighted by molar-refractivity contribution is 0.598. The molecule has 96 valence electrons. The van der Waals surface area contributed by atoms with Crippen LogP contribution in [-0.2, 0) is 0 Å². The molecule has 2 aromatic rings. The molecule has 0 bridgehead atoms. The van der Waals surface area contributed by atoms with Crippen molar-refractivity contribution in [2.75, 3.05) is 6.54 Å². The molecule has 18 heavy (non-hydrogen) atoms. The van der Waals surface area contributed by atoms with E-state index in [-0.39, 0.29) is 0 Å². The molecule has 1 heterocycles. The van der Waals surface area contributed by atoms with Gasteiger partial charge < -0.3 is 5.32 Å². The van der Waals surface area contributed by atoms with Crippen LogP contribution >= 0.6 is 27.3 Å². The van der Waals surface area contributed by atoms with E-state index >= 15 is 0 Å². The van der Waals surface area contributed by atoms with Crippen LogP contribution in [0, 0.1) is 6.92 Å². The zero-order chi connectivity index (χ0) is 13.0. The van der Waals surface area contributed by atoms with E-state index in [2.05, 4.69) is 70.1 Å². The summed E-state index contributed by atoms with van der Waals surface area (Å²) >= 11 is 5.27. The van der Waals surface area contributed by atoms with Crippen LogP contribution < -0.4 is 5.32 Å². The minimum absolute atomic E-state index is 0.310. The van der Waals surface area contributed by atoms with Crippen molar-refractivity contribution in [1.82, 2.24) is 5.32 Å². The van der Waals surface area contributed by atoms with E-state index in [9.17, 15) is 0 Å². The lowest BCUT2D eigenvalue weighted by atomic mass is 9.98. The molecule has 1 aromatic heterocycles. The fourth-order valence-electron chi connectivity index (χ4n) is 2.02. The summed E-state index contributed by atoms with van der Waals surface area (Å²) in [6.07, 6.45) is 1.15. The van der Waals surface area contributed by atoms with Crippen LogP contribution in [0.25, 0.3) is 0 Å². The molecule has 0 saturated carbocycles. The molecule has 3 heteroatoms. The summed E-state index contributed by atoms with van der Waals surface area (Å²) in [6, 6.07) is 8.91. The van der Waals surface area contributed by atoms with E-state index in [4.69, 9.17) is 0 Å². The molecular formula is C15H18BrNS. The third-order valence-electron chi connectivity index (χ3n) is 3.01. The van der Waals surface area contributed by atoms with Crippen LogP contribution in [0.3, 0.4) is 0 Å². The Morgan fingerprint density at radius 1 is 1.22 bits per heavy atom. The van der Waals surface area contributed by atoms with Gasteiger partial charge >= 0.3 is 0 Å². The average molecular weight is 324 g/mol. The number of aryl methyl sites for hydroxylation is 1. The third kappa shape index (κ3) is 3.22. The maximum Gasteiger partial charge on any atom is 0.0587 e. The number of benzene rings is 1. The van der Waals surface area contributed by atoms with Crippen molar-refractivity contribution in [2.24, 2.45) is 0 Å². The van der Waals surface area contributed by atoms with Crippen LogP contribution in [-0.4, -0.2) is 6.54 Å². The summed E-state index contributed by atoms with van der Waals surface area (Å²) in [5, 5.41) is 8.11. The number of hydrogen-bond acceptors (Lipinski definition) is 2. The van der Waals surface area contributed by atoms with Crippen molar-refractivity contribution in [1.29, 1.82) is 0 Å². The Labute approximate surface area is 121 Å². The van der Waals surface area contributed by atoms with Gasteiger partial charge in [0, 0.05) is 4.47 Å². The molecule has 0 aliphatic rings. The number of thiophene rings is 1. The fourth-order valence-corrected chi connectivity index (χ4v) is 3.16. The molecule has 1 nitrogen and oxygen atoms in total. The van der Waals surface area contributed by atoms with E-state index < -0.39 is 0 Å². The molecule has 0 aliphatic carbocycles. The predicted molar refractivity (Wildman–Crippen MR) is 83.3 cm³/mol. The van der Waals surface area contributed by atoms with Crippen LogP contribution in [0.1, 0.15) is 36.1 Å². The maximum atomic E-state index is 3.64. The van der Waals surface area contributed by atoms with Gasteiger partial charge in [-0.05, 0) is 59.5 Å². The highest BCUT2D eigenvalue weighted by atomic mass is 79.9. The second kappa shape index (κ2) is 6.50. The summed E-state index contributed by atoms with van der Waals surface area (Å²) in [5.41, 5.74) is 4.10. The minimum atomic E-state index is 0.310. The molecule has 1 unspecified atom stereocenters. The zero-order valence-electron chi connectivity index (χ0n) is 10.7. The van der Waals surface area contributed by atoms with Crippen LogP contribution in [0.4, 0.5) is 0 Å². The van der Waals surface area contributed by atoms with E-state index in [0.717, 1.165) is 17.4 Å². The van der Waals surface area contributed by atoms with Crippen molar-refractivity contribution in [3.63, 3.8) is 0 Å². The molecule has 0 aliphatic heterocycles. The molecule has 2 rings (SSSR count). The van der Waals surface area contributed by atoms with Gasteiger partial charge in [0.15, 0.2) is 0 Å². The third-order valence-corrected chi connectivity index (χ3v) is 4.42. The van der Waals surface area contributed by atoms with Gasteiger partial charge in [-0.15, -0.1) is 0 Å². The van der Waals surface area contributed by atoms with Crippen LogP contribution in [0.15, 0.2) is 39.5 Å². The molecule has 0 saturated heterocycles. The van der Waals surface area contributed by atoms with Crippen LogP contribution in [0.2, 0.25) is 0 Å². The highest BCUT2D eigenvalue weighted by Crippen LogP contribution is 2.28. The summed E-state index contributed by atoms with van der Waals surface area (Å²) in [6.45, 7) is 5.42. The first kappa shape index (κ1) is 13.8. The van der Waals surface area contributed by atoms with Crippen molar-refractivity contribution < 1.29 is 0 Å². The summed E-state index contributed by atoms with van der Waals surface area (Å²) < 4.78 is 1.13. The van der Waals surface area contributed by atoms with Gasteiger partial charge in [0.2, 0.25) is 0 Å². The van der Waals surface area contributed by atoms with Gasteiger partial charge in [0.1, 0.15) is 0 Å². The molecule has 0 fully saturated rings. The monoisotopic (exact) mass is 323 g/mol. The predicted octanol–water partition coefficient (Wildman–Crippen LogP) is 4.91. The molecule has 0 amide bonds. The Kier molecular flexibility index (Phi) is 4.98. The quantitative estimate of drug-likeness (QED) is 0.824. The Hall–Kier alpha value is -0.640. The highest BCUT2D eigenvalue weighted by Gasteiger charge is 2.15. The normalized spacial score (nSPS) is 12.6. The number of nitrogens with one attached hydrogen (secondary N) is 1. The lowest BCUT2D eigenvalue weighted by Gasteiger charge is -2.19. The SMILES string of the molecule is CCCNC(c1ccc(Br)cc1)c1cscc1C. The number of halogens is 1. The molecule has 0 radical (unpaired) electrons. The minimum Gasteiger partial charge on any atom is -0.306 e. The molecular weight excluding hydrogens is 306 g/mol. The van der Waals surface area contributed by atoms with Crippen molar-refractivity contribution in [3.8, 4) is 0 Å². The summed E-state index contributed by atoms with van der Waals surface area (Å²) in [7, 11) is 0. The number of rotatable bonds is 5. The smallest absolute Gasteiger partial charge is 0.0587 e. The van der Waals surface area contributed by atoms with E-state index in [1.54, 1.807) is 11.3 Å².